The Hall–Kier alpha value is -3.93. The highest BCUT2D eigenvalue weighted by molar-refractivity contribution is 5.96. The van der Waals surface area contributed by atoms with Crippen LogP contribution in [0.5, 0.6) is 11.5 Å². The molecule has 0 radical (unpaired) electrons. The Balaban J connectivity index is 1.46. The van der Waals surface area contributed by atoms with E-state index in [9.17, 15) is 4.79 Å². The predicted molar refractivity (Wildman–Crippen MR) is 126 cm³/mol. The number of hydrogen-bond acceptors (Lipinski definition) is 5. The summed E-state index contributed by atoms with van der Waals surface area (Å²) >= 11 is 0. The van der Waals surface area contributed by atoms with Crippen LogP contribution in [0.2, 0.25) is 0 Å². The monoisotopic (exact) mass is 427 g/mol. The number of nitrogens with zero attached hydrogens (tertiary/aromatic N) is 3. The zero-order valence-electron chi connectivity index (χ0n) is 18.4. The molecule has 32 heavy (non-hydrogen) atoms. The maximum Gasteiger partial charge on any atom is 0.267 e. The van der Waals surface area contributed by atoms with Crippen molar-refractivity contribution in [2.45, 2.75) is 20.0 Å². The predicted octanol–water partition coefficient (Wildman–Crippen LogP) is 5.13. The molecular formula is C26H25N3O3. The van der Waals surface area contributed by atoms with Gasteiger partial charge in [-0.15, -0.1) is 0 Å². The molecule has 0 spiro atoms. The second kappa shape index (κ2) is 9.47. The summed E-state index contributed by atoms with van der Waals surface area (Å²) in [4.78, 5) is 23.8. The van der Waals surface area contributed by atoms with Gasteiger partial charge in [-0.25, -0.2) is 4.98 Å². The van der Waals surface area contributed by atoms with Crippen molar-refractivity contribution < 1.29 is 14.3 Å². The SMILES string of the molecule is CCN(C(=O)[C@H](C)Oc1ccc(-c2cnc3ccccc3n2)cc1)c1ccc(OC)cc1. The van der Waals surface area contributed by atoms with Crippen LogP contribution in [0.15, 0.2) is 79.0 Å². The zero-order valence-corrected chi connectivity index (χ0v) is 18.4. The molecule has 6 nitrogen and oxygen atoms in total. The van der Waals surface area contributed by atoms with E-state index < -0.39 is 6.10 Å². The van der Waals surface area contributed by atoms with Crippen molar-refractivity contribution >= 4 is 22.6 Å². The number of benzene rings is 3. The van der Waals surface area contributed by atoms with Crippen LogP contribution in [0.4, 0.5) is 5.69 Å². The van der Waals surface area contributed by atoms with Gasteiger partial charge in [0.05, 0.1) is 30.0 Å². The van der Waals surface area contributed by atoms with Crippen LogP contribution in [-0.4, -0.2) is 35.6 Å². The number of methoxy groups -OCH3 is 1. The second-order valence-electron chi connectivity index (χ2n) is 7.31. The maximum absolute atomic E-state index is 13.0. The minimum absolute atomic E-state index is 0.109. The summed E-state index contributed by atoms with van der Waals surface area (Å²) in [5.41, 5.74) is 4.24. The summed E-state index contributed by atoms with van der Waals surface area (Å²) in [6.07, 6.45) is 1.13. The highest BCUT2D eigenvalue weighted by atomic mass is 16.5. The van der Waals surface area contributed by atoms with Crippen LogP contribution in [-0.2, 0) is 4.79 Å². The lowest BCUT2D eigenvalue weighted by atomic mass is 10.1. The van der Waals surface area contributed by atoms with Gasteiger partial charge in [0.15, 0.2) is 6.10 Å². The van der Waals surface area contributed by atoms with Gasteiger partial charge in [0.2, 0.25) is 0 Å². The Morgan fingerprint density at radius 1 is 0.938 bits per heavy atom. The van der Waals surface area contributed by atoms with E-state index in [4.69, 9.17) is 9.47 Å². The minimum atomic E-state index is -0.636. The van der Waals surface area contributed by atoms with Gasteiger partial charge in [0.25, 0.3) is 5.91 Å². The largest absolute Gasteiger partial charge is 0.497 e. The molecule has 3 aromatic carbocycles. The number of aromatic nitrogens is 2. The Kier molecular flexibility index (Phi) is 6.31. The number of hydrogen-bond donors (Lipinski definition) is 0. The van der Waals surface area contributed by atoms with Gasteiger partial charge < -0.3 is 14.4 Å². The number of rotatable bonds is 7. The highest BCUT2D eigenvalue weighted by Gasteiger charge is 2.22. The molecule has 0 saturated carbocycles. The van der Waals surface area contributed by atoms with Crippen molar-refractivity contribution in [3.63, 3.8) is 0 Å². The quantitative estimate of drug-likeness (QED) is 0.409. The summed E-state index contributed by atoms with van der Waals surface area (Å²) in [6, 6.07) is 22.7. The van der Waals surface area contributed by atoms with Crippen LogP contribution in [0.25, 0.3) is 22.3 Å². The normalized spacial score (nSPS) is 11.7. The molecule has 1 heterocycles. The first-order valence-corrected chi connectivity index (χ1v) is 10.5. The molecule has 0 unspecified atom stereocenters. The van der Waals surface area contributed by atoms with Crippen LogP contribution in [0.1, 0.15) is 13.8 Å². The van der Waals surface area contributed by atoms with E-state index in [1.54, 1.807) is 25.1 Å². The van der Waals surface area contributed by atoms with Crippen LogP contribution in [0.3, 0.4) is 0 Å². The number of likely N-dealkylation sites (N-methyl/N-ethyl adjacent to an activating group) is 1. The maximum atomic E-state index is 13.0. The number of carbonyl (C=O) groups excluding carboxylic acids is 1. The van der Waals surface area contributed by atoms with Gasteiger partial charge >= 0.3 is 0 Å². The van der Waals surface area contributed by atoms with Crippen molar-refractivity contribution in [3.8, 4) is 22.8 Å². The topological polar surface area (TPSA) is 64.6 Å². The standard InChI is InChI=1S/C26H25N3O3/c1-4-29(20-11-15-21(31-3)16-12-20)26(30)18(2)32-22-13-9-19(10-14-22)25-17-27-23-7-5-6-8-24(23)28-25/h5-18H,4H2,1-3H3/t18-/m0/s1. The highest BCUT2D eigenvalue weighted by Crippen LogP contribution is 2.24. The lowest BCUT2D eigenvalue weighted by molar-refractivity contribution is -0.124. The Morgan fingerprint density at radius 2 is 1.59 bits per heavy atom. The number of fused-ring (bicyclic) bond motifs is 1. The molecule has 1 atom stereocenters. The average Bonchev–Trinajstić information content (AvgIpc) is 2.85. The summed E-state index contributed by atoms with van der Waals surface area (Å²) in [5.74, 6) is 1.26. The van der Waals surface area contributed by atoms with Crippen molar-refractivity contribution in [2.75, 3.05) is 18.6 Å². The van der Waals surface area contributed by atoms with Crippen molar-refractivity contribution in [2.24, 2.45) is 0 Å². The first-order valence-electron chi connectivity index (χ1n) is 10.5. The van der Waals surface area contributed by atoms with Crippen LogP contribution >= 0.6 is 0 Å². The third-order valence-corrected chi connectivity index (χ3v) is 5.23. The zero-order chi connectivity index (χ0) is 22.5. The number of amides is 1. The molecule has 0 saturated heterocycles. The van der Waals surface area contributed by atoms with Gasteiger partial charge in [-0.2, -0.15) is 0 Å². The van der Waals surface area contributed by atoms with E-state index in [0.717, 1.165) is 33.7 Å². The summed E-state index contributed by atoms with van der Waals surface area (Å²) in [6.45, 7) is 4.24. The molecule has 162 valence electrons. The Morgan fingerprint density at radius 3 is 2.25 bits per heavy atom. The van der Waals surface area contributed by atoms with Crippen molar-refractivity contribution in [1.29, 1.82) is 0 Å². The molecule has 0 N–H and O–H groups in total. The van der Waals surface area contributed by atoms with E-state index in [0.29, 0.717) is 12.3 Å². The number of anilines is 1. The summed E-state index contributed by atoms with van der Waals surface area (Å²) in [5, 5.41) is 0. The van der Waals surface area contributed by atoms with E-state index in [1.807, 2.05) is 79.7 Å². The molecule has 0 aliphatic rings. The van der Waals surface area contributed by atoms with Crippen molar-refractivity contribution in [1.82, 2.24) is 9.97 Å². The fourth-order valence-corrected chi connectivity index (χ4v) is 3.50. The first-order chi connectivity index (χ1) is 15.6. The first kappa shape index (κ1) is 21.3. The number of para-hydroxylation sites is 2. The molecule has 0 aliphatic heterocycles. The second-order valence-corrected chi connectivity index (χ2v) is 7.31. The van der Waals surface area contributed by atoms with Gasteiger partial charge in [0.1, 0.15) is 11.5 Å². The molecule has 0 bridgehead atoms. The van der Waals surface area contributed by atoms with Gasteiger partial charge in [-0.05, 0) is 74.5 Å². The van der Waals surface area contributed by atoms with E-state index in [2.05, 4.69) is 9.97 Å². The summed E-state index contributed by atoms with van der Waals surface area (Å²) < 4.78 is 11.1. The third kappa shape index (κ3) is 4.54. The number of carbonyl (C=O) groups is 1. The van der Waals surface area contributed by atoms with E-state index in [-0.39, 0.29) is 5.91 Å². The Labute approximate surface area is 187 Å². The molecule has 4 aromatic rings. The fourth-order valence-electron chi connectivity index (χ4n) is 3.50. The fraction of sp³-hybridized carbons (Fsp3) is 0.192. The lowest BCUT2D eigenvalue weighted by Crippen LogP contribution is -2.40. The Bertz CT molecular complexity index is 1210. The molecule has 4 rings (SSSR count). The average molecular weight is 428 g/mol. The molecular weight excluding hydrogens is 402 g/mol. The lowest BCUT2D eigenvalue weighted by Gasteiger charge is -2.25. The molecule has 1 aromatic heterocycles. The van der Waals surface area contributed by atoms with Gasteiger partial charge in [-0.1, -0.05) is 12.1 Å². The molecule has 0 fully saturated rings. The molecule has 6 heteroatoms. The van der Waals surface area contributed by atoms with Crippen LogP contribution < -0.4 is 14.4 Å². The minimum Gasteiger partial charge on any atom is -0.497 e. The smallest absolute Gasteiger partial charge is 0.267 e. The molecule has 0 aliphatic carbocycles. The van der Waals surface area contributed by atoms with Gasteiger partial charge in [0, 0.05) is 17.8 Å². The van der Waals surface area contributed by atoms with Crippen molar-refractivity contribution in [3.05, 3.63) is 79.0 Å². The summed E-state index contributed by atoms with van der Waals surface area (Å²) in [7, 11) is 1.62. The number of ether oxygens (including phenoxy) is 2. The van der Waals surface area contributed by atoms with Crippen LogP contribution in [0, 0.1) is 0 Å². The third-order valence-electron chi connectivity index (χ3n) is 5.23. The van der Waals surface area contributed by atoms with E-state index in [1.165, 1.54) is 0 Å². The molecule has 1 amide bonds. The van der Waals surface area contributed by atoms with Gasteiger partial charge in [-0.3, -0.25) is 9.78 Å². The van der Waals surface area contributed by atoms with E-state index >= 15 is 0 Å².